The predicted octanol–water partition coefficient (Wildman–Crippen LogP) is 4.17. The molecule has 0 radical (unpaired) electrons. The number of nitrogens with zero attached hydrogens (tertiary/aromatic N) is 2. The summed E-state index contributed by atoms with van der Waals surface area (Å²) in [6, 6.07) is 20.0. The van der Waals surface area contributed by atoms with Gasteiger partial charge in [-0.3, -0.25) is 9.79 Å². The molecule has 3 rings (SSSR count). The maximum Gasteiger partial charge on any atom is 0.246 e. The number of rotatable bonds is 6. The van der Waals surface area contributed by atoms with Crippen LogP contribution in [0.3, 0.4) is 0 Å². The van der Waals surface area contributed by atoms with Crippen LogP contribution in [0.1, 0.15) is 36.8 Å². The Morgan fingerprint density at radius 1 is 1.00 bits per heavy atom. The monoisotopic (exact) mass is 334 g/mol. The lowest BCUT2D eigenvalue weighted by Gasteiger charge is -2.29. The Bertz CT molecular complexity index is 677. The Morgan fingerprint density at radius 2 is 1.52 bits per heavy atom. The first-order chi connectivity index (χ1) is 12.1. The first-order valence-electron chi connectivity index (χ1n) is 9.05. The number of hydrogen-bond acceptors (Lipinski definition) is 2. The molecule has 0 aromatic heterocycles. The van der Waals surface area contributed by atoms with Gasteiger partial charge in [0.05, 0.1) is 5.71 Å². The Labute approximate surface area is 150 Å². The highest BCUT2D eigenvalue weighted by atomic mass is 16.2. The molecule has 1 unspecified atom stereocenters. The summed E-state index contributed by atoms with van der Waals surface area (Å²) in [5, 5.41) is 0. The Hall–Kier alpha value is -2.42. The van der Waals surface area contributed by atoms with Crippen LogP contribution in [-0.4, -0.2) is 36.7 Å². The van der Waals surface area contributed by atoms with E-state index >= 15 is 0 Å². The maximum atomic E-state index is 12.7. The summed E-state index contributed by atoms with van der Waals surface area (Å²) in [5.74, 6) is 0.724. The second-order valence-electron chi connectivity index (χ2n) is 6.99. The van der Waals surface area contributed by atoms with E-state index in [2.05, 4.69) is 24.3 Å². The van der Waals surface area contributed by atoms with Crippen molar-refractivity contribution in [3.8, 4) is 0 Å². The number of carbonyl (C=O) groups is 1. The van der Waals surface area contributed by atoms with Crippen LogP contribution in [0.2, 0.25) is 0 Å². The van der Waals surface area contributed by atoms with E-state index in [1.54, 1.807) is 4.90 Å². The van der Waals surface area contributed by atoms with E-state index in [-0.39, 0.29) is 11.9 Å². The number of benzene rings is 2. The molecule has 1 saturated carbocycles. The quantitative estimate of drug-likeness (QED) is 0.730. The van der Waals surface area contributed by atoms with Gasteiger partial charge >= 0.3 is 0 Å². The highest BCUT2D eigenvalue weighted by Gasteiger charge is 2.28. The molecule has 1 atom stereocenters. The van der Waals surface area contributed by atoms with Crippen LogP contribution in [0.25, 0.3) is 0 Å². The van der Waals surface area contributed by atoms with E-state index in [0.29, 0.717) is 5.92 Å². The van der Waals surface area contributed by atoms with E-state index in [4.69, 9.17) is 4.99 Å². The first kappa shape index (κ1) is 17.4. The fraction of sp³-hybridized carbons (Fsp3) is 0.364. The third-order valence-corrected chi connectivity index (χ3v) is 4.89. The standard InChI is InChI=1S/C22H26N2O/c1-24(2)22(25)20(16-17-10-9-11-17)23-21(18-12-5-3-6-13-18)19-14-7-4-8-15-19/h3-8,12-15,17,20H,9-11,16H2,1-2H3. The molecule has 0 heterocycles. The molecule has 3 nitrogen and oxygen atoms in total. The highest BCUT2D eigenvalue weighted by molar-refractivity contribution is 6.13. The molecule has 2 aromatic rings. The zero-order chi connectivity index (χ0) is 17.6. The minimum Gasteiger partial charge on any atom is -0.347 e. The molecule has 130 valence electrons. The molecule has 2 aromatic carbocycles. The van der Waals surface area contributed by atoms with Crippen molar-refractivity contribution in [1.82, 2.24) is 4.90 Å². The SMILES string of the molecule is CN(C)C(=O)C(CC1CCC1)N=C(c1ccccc1)c1ccccc1. The van der Waals surface area contributed by atoms with E-state index in [1.165, 1.54) is 19.3 Å². The van der Waals surface area contributed by atoms with Crippen molar-refractivity contribution < 1.29 is 4.79 Å². The molecule has 1 aliphatic carbocycles. The molecule has 0 aliphatic heterocycles. The van der Waals surface area contributed by atoms with Crippen molar-refractivity contribution in [2.75, 3.05) is 14.1 Å². The minimum atomic E-state index is -0.310. The Morgan fingerprint density at radius 3 is 1.92 bits per heavy atom. The first-order valence-corrected chi connectivity index (χ1v) is 9.05. The lowest BCUT2D eigenvalue weighted by molar-refractivity contribution is -0.130. The number of aliphatic imine (C=N–C) groups is 1. The van der Waals surface area contributed by atoms with Crippen LogP contribution in [0.5, 0.6) is 0 Å². The molecular weight excluding hydrogens is 308 g/mol. The Kier molecular flexibility index (Phi) is 5.64. The second kappa shape index (κ2) is 8.11. The van der Waals surface area contributed by atoms with Crippen LogP contribution < -0.4 is 0 Å². The Balaban J connectivity index is 2.00. The van der Waals surface area contributed by atoms with Gasteiger partial charge in [0.15, 0.2) is 0 Å². The molecule has 1 fully saturated rings. The summed E-state index contributed by atoms with van der Waals surface area (Å²) < 4.78 is 0. The average molecular weight is 334 g/mol. The third kappa shape index (κ3) is 4.36. The smallest absolute Gasteiger partial charge is 0.246 e. The number of hydrogen-bond donors (Lipinski definition) is 0. The van der Waals surface area contributed by atoms with Gasteiger partial charge in [0.25, 0.3) is 0 Å². The number of likely N-dealkylation sites (N-methyl/N-ethyl adjacent to an activating group) is 1. The molecular formula is C22H26N2O. The summed E-state index contributed by atoms with van der Waals surface area (Å²) in [6.45, 7) is 0. The number of amides is 1. The summed E-state index contributed by atoms with van der Waals surface area (Å²) in [5.41, 5.74) is 3.01. The van der Waals surface area contributed by atoms with Gasteiger partial charge in [-0.15, -0.1) is 0 Å². The van der Waals surface area contributed by atoms with E-state index in [9.17, 15) is 4.79 Å². The summed E-state index contributed by atoms with van der Waals surface area (Å²) >= 11 is 0. The fourth-order valence-electron chi connectivity index (χ4n) is 3.21. The van der Waals surface area contributed by atoms with Crippen molar-refractivity contribution in [2.45, 2.75) is 31.7 Å². The van der Waals surface area contributed by atoms with Crippen molar-refractivity contribution in [2.24, 2.45) is 10.9 Å². The van der Waals surface area contributed by atoms with Gasteiger partial charge < -0.3 is 4.90 Å². The number of carbonyl (C=O) groups excluding carboxylic acids is 1. The van der Waals surface area contributed by atoms with Gasteiger partial charge in [-0.2, -0.15) is 0 Å². The van der Waals surface area contributed by atoms with E-state index in [1.807, 2.05) is 50.5 Å². The molecule has 25 heavy (non-hydrogen) atoms. The van der Waals surface area contributed by atoms with Crippen LogP contribution in [-0.2, 0) is 4.79 Å². The molecule has 0 saturated heterocycles. The maximum absolute atomic E-state index is 12.7. The second-order valence-corrected chi connectivity index (χ2v) is 6.99. The average Bonchev–Trinajstić information content (AvgIpc) is 2.61. The fourth-order valence-corrected chi connectivity index (χ4v) is 3.21. The van der Waals surface area contributed by atoms with Crippen molar-refractivity contribution in [3.05, 3.63) is 71.8 Å². The van der Waals surface area contributed by atoms with Gasteiger partial charge in [-0.1, -0.05) is 79.9 Å². The zero-order valence-corrected chi connectivity index (χ0v) is 15.1. The lowest BCUT2D eigenvalue weighted by atomic mass is 9.80. The summed E-state index contributed by atoms with van der Waals surface area (Å²) in [7, 11) is 3.63. The van der Waals surface area contributed by atoms with E-state index in [0.717, 1.165) is 23.3 Å². The van der Waals surface area contributed by atoms with E-state index < -0.39 is 0 Å². The minimum absolute atomic E-state index is 0.0938. The highest BCUT2D eigenvalue weighted by Crippen LogP contribution is 2.32. The van der Waals surface area contributed by atoms with Crippen molar-refractivity contribution in [1.29, 1.82) is 0 Å². The van der Waals surface area contributed by atoms with Gasteiger partial charge in [-0.25, -0.2) is 0 Å². The topological polar surface area (TPSA) is 32.7 Å². The molecule has 0 bridgehead atoms. The molecule has 1 amide bonds. The van der Waals surface area contributed by atoms with Crippen LogP contribution in [0, 0.1) is 5.92 Å². The third-order valence-electron chi connectivity index (χ3n) is 4.89. The summed E-state index contributed by atoms with van der Waals surface area (Å²) in [4.78, 5) is 19.4. The summed E-state index contributed by atoms with van der Waals surface area (Å²) in [6.07, 6.45) is 4.57. The molecule has 3 heteroatoms. The van der Waals surface area contributed by atoms with Gasteiger partial charge in [0.2, 0.25) is 5.91 Å². The van der Waals surface area contributed by atoms with Crippen LogP contribution in [0.4, 0.5) is 0 Å². The largest absolute Gasteiger partial charge is 0.347 e. The molecule has 0 N–H and O–H groups in total. The normalized spacial score (nSPS) is 15.1. The van der Waals surface area contributed by atoms with Gasteiger partial charge in [0, 0.05) is 25.2 Å². The van der Waals surface area contributed by atoms with Crippen LogP contribution in [0.15, 0.2) is 65.7 Å². The molecule has 1 aliphatic rings. The predicted molar refractivity (Wildman–Crippen MR) is 103 cm³/mol. The van der Waals surface area contributed by atoms with Crippen molar-refractivity contribution >= 4 is 11.6 Å². The van der Waals surface area contributed by atoms with Crippen molar-refractivity contribution in [3.63, 3.8) is 0 Å². The van der Waals surface area contributed by atoms with Crippen LogP contribution >= 0.6 is 0 Å². The van der Waals surface area contributed by atoms with Gasteiger partial charge in [-0.05, 0) is 12.3 Å². The molecule has 0 spiro atoms. The lowest BCUT2D eigenvalue weighted by Crippen LogP contribution is -2.35. The zero-order valence-electron chi connectivity index (χ0n) is 15.1. The van der Waals surface area contributed by atoms with Gasteiger partial charge in [0.1, 0.15) is 6.04 Å².